The maximum atomic E-state index is 13.3. The van der Waals surface area contributed by atoms with Crippen LogP contribution in [0.3, 0.4) is 0 Å². The van der Waals surface area contributed by atoms with Gasteiger partial charge in [0.05, 0.1) is 23.6 Å². The Kier molecular flexibility index (Phi) is 9.33. The molecule has 9 heteroatoms. The molecule has 3 aromatic rings. The van der Waals surface area contributed by atoms with Crippen LogP contribution < -0.4 is 20.1 Å². The first-order valence-electron chi connectivity index (χ1n) is 13.1. The summed E-state index contributed by atoms with van der Waals surface area (Å²) in [7, 11) is -3.92. The zero-order chi connectivity index (χ0) is 28.0. The van der Waals surface area contributed by atoms with Crippen molar-refractivity contribution in [1.29, 1.82) is 0 Å². The number of hydrogen-bond donors (Lipinski definition) is 3. The van der Waals surface area contributed by atoms with Crippen molar-refractivity contribution in [2.24, 2.45) is 0 Å². The van der Waals surface area contributed by atoms with E-state index in [0.717, 1.165) is 29.8 Å². The number of fused-ring (bicyclic) bond motifs is 1. The van der Waals surface area contributed by atoms with Gasteiger partial charge in [0.25, 0.3) is 0 Å². The van der Waals surface area contributed by atoms with E-state index in [1.807, 2.05) is 30.3 Å². The molecule has 0 aliphatic carbocycles. The third kappa shape index (κ3) is 8.29. The number of nitrogens with one attached hydrogen (secondary N) is 3. The topological polar surface area (TPSA) is 96.5 Å². The largest absolute Gasteiger partial charge is 0.493 e. The van der Waals surface area contributed by atoms with E-state index in [4.69, 9.17) is 16.3 Å². The number of carbonyl (C=O) groups is 1. The van der Waals surface area contributed by atoms with Crippen LogP contribution in [0, 0.1) is 0 Å². The molecule has 3 N–H and O–H groups in total. The Bertz CT molecular complexity index is 1390. The number of rotatable bonds is 10. The third-order valence-electron chi connectivity index (χ3n) is 6.52. The highest BCUT2D eigenvalue weighted by Crippen LogP contribution is 2.33. The summed E-state index contributed by atoms with van der Waals surface area (Å²) in [4.78, 5) is 13.3. The van der Waals surface area contributed by atoms with Crippen molar-refractivity contribution in [1.82, 2.24) is 15.4 Å². The van der Waals surface area contributed by atoms with Crippen LogP contribution in [0.5, 0.6) is 5.75 Å². The number of hydrogen-bond acceptors (Lipinski definition) is 5. The quantitative estimate of drug-likeness (QED) is 0.307. The van der Waals surface area contributed by atoms with Gasteiger partial charge in [-0.3, -0.25) is 4.79 Å². The lowest BCUT2D eigenvalue weighted by atomic mass is 9.97. The number of amides is 1. The minimum atomic E-state index is -3.92. The fourth-order valence-corrected chi connectivity index (χ4v) is 6.09. The van der Waals surface area contributed by atoms with Crippen LogP contribution in [0.25, 0.3) is 0 Å². The molecule has 0 aromatic heterocycles. The van der Waals surface area contributed by atoms with E-state index in [0.29, 0.717) is 23.6 Å². The predicted molar refractivity (Wildman–Crippen MR) is 154 cm³/mol. The van der Waals surface area contributed by atoms with Gasteiger partial charge in [-0.25, -0.2) is 13.1 Å². The van der Waals surface area contributed by atoms with Gasteiger partial charge in [0.1, 0.15) is 5.75 Å². The van der Waals surface area contributed by atoms with E-state index in [9.17, 15) is 13.2 Å². The normalized spacial score (nSPS) is 16.2. The van der Waals surface area contributed by atoms with Crippen LogP contribution in [0.2, 0.25) is 5.02 Å². The highest BCUT2D eigenvalue weighted by atomic mass is 35.5. The smallest absolute Gasteiger partial charge is 0.241 e. The highest BCUT2D eigenvalue weighted by molar-refractivity contribution is 7.89. The summed E-state index contributed by atoms with van der Waals surface area (Å²) in [5.74, 6) is 0.523. The Hall–Kier alpha value is -2.91. The summed E-state index contributed by atoms with van der Waals surface area (Å²) in [5.41, 5.74) is 2.84. The number of ether oxygens (including phenoxy) is 1. The fraction of sp³-hybridized carbons (Fsp3) is 0.367. The molecule has 0 fully saturated rings. The summed E-state index contributed by atoms with van der Waals surface area (Å²) < 4.78 is 34.9. The first-order valence-corrected chi connectivity index (χ1v) is 15.0. The molecule has 7 nitrogen and oxygen atoms in total. The Labute approximate surface area is 236 Å². The average Bonchev–Trinajstić information content (AvgIpc) is 2.88. The first-order chi connectivity index (χ1) is 18.5. The summed E-state index contributed by atoms with van der Waals surface area (Å²) in [5, 5.41) is 6.92. The lowest BCUT2D eigenvalue weighted by molar-refractivity contribution is -0.122. The maximum absolute atomic E-state index is 13.3. The molecule has 0 saturated heterocycles. The van der Waals surface area contributed by atoms with Crippen LogP contribution in [-0.2, 0) is 21.2 Å². The molecule has 1 amide bonds. The van der Waals surface area contributed by atoms with Crippen molar-refractivity contribution < 1.29 is 17.9 Å². The molecule has 1 aliphatic heterocycles. The van der Waals surface area contributed by atoms with Crippen molar-refractivity contribution in [3.63, 3.8) is 0 Å². The summed E-state index contributed by atoms with van der Waals surface area (Å²) >= 11 is 6.02. The third-order valence-corrected chi connectivity index (χ3v) is 8.22. The van der Waals surface area contributed by atoms with Gasteiger partial charge in [0.2, 0.25) is 15.9 Å². The zero-order valence-corrected chi connectivity index (χ0v) is 24.1. The van der Waals surface area contributed by atoms with Gasteiger partial charge < -0.3 is 15.4 Å². The lowest BCUT2D eigenvalue weighted by Crippen LogP contribution is -2.37. The zero-order valence-electron chi connectivity index (χ0n) is 22.5. The Morgan fingerprint density at radius 2 is 1.82 bits per heavy atom. The monoisotopic (exact) mass is 569 g/mol. The summed E-state index contributed by atoms with van der Waals surface area (Å²) in [6, 6.07) is 20.3. The molecule has 0 radical (unpaired) electrons. The van der Waals surface area contributed by atoms with Crippen molar-refractivity contribution in [2.75, 3.05) is 13.2 Å². The van der Waals surface area contributed by atoms with Gasteiger partial charge in [0.15, 0.2) is 0 Å². The van der Waals surface area contributed by atoms with E-state index in [1.54, 1.807) is 24.3 Å². The molecule has 0 unspecified atom stereocenters. The van der Waals surface area contributed by atoms with Crippen molar-refractivity contribution in [3.8, 4) is 5.75 Å². The lowest BCUT2D eigenvalue weighted by Gasteiger charge is -2.28. The van der Waals surface area contributed by atoms with E-state index in [-0.39, 0.29) is 28.8 Å². The second kappa shape index (κ2) is 12.5. The Morgan fingerprint density at radius 3 is 2.54 bits per heavy atom. The minimum absolute atomic E-state index is 0.0446. The van der Waals surface area contributed by atoms with Crippen LogP contribution in [0.1, 0.15) is 62.4 Å². The minimum Gasteiger partial charge on any atom is -0.493 e. The van der Waals surface area contributed by atoms with E-state index >= 15 is 0 Å². The molecule has 0 spiro atoms. The molecule has 2 atom stereocenters. The standard InChI is InChI=1S/C30H36ClN3O4S/c1-30(2,3)32-16-14-21-12-13-25-26(15-17-38-28(25)18-21)33-29(35)20-27(22-8-5-4-6-9-22)34-39(36,37)24-11-7-10-23(31)19-24/h4-13,18-19,26-27,32,34H,14-17,20H2,1-3H3,(H,33,35)/t26-,27-/m1/s1. The Balaban J connectivity index is 1.46. The average molecular weight is 570 g/mol. The maximum Gasteiger partial charge on any atom is 0.241 e. The van der Waals surface area contributed by atoms with Gasteiger partial charge in [-0.2, -0.15) is 0 Å². The molecule has 208 valence electrons. The fourth-order valence-electron chi connectivity index (χ4n) is 4.56. The van der Waals surface area contributed by atoms with Crippen LogP contribution in [-0.4, -0.2) is 33.0 Å². The first kappa shape index (κ1) is 29.1. The molecule has 0 bridgehead atoms. The van der Waals surface area contributed by atoms with E-state index < -0.39 is 16.1 Å². The number of sulfonamides is 1. The van der Waals surface area contributed by atoms with Gasteiger partial charge in [-0.15, -0.1) is 0 Å². The predicted octanol–water partition coefficient (Wildman–Crippen LogP) is 5.32. The van der Waals surface area contributed by atoms with Crippen molar-refractivity contribution >= 4 is 27.5 Å². The Morgan fingerprint density at radius 1 is 1.05 bits per heavy atom. The van der Waals surface area contributed by atoms with Crippen molar-refractivity contribution in [2.45, 2.75) is 62.6 Å². The molecule has 1 aliphatic rings. The molecule has 3 aromatic carbocycles. The number of halogens is 1. The van der Waals surface area contributed by atoms with Gasteiger partial charge in [-0.1, -0.05) is 60.1 Å². The second-order valence-electron chi connectivity index (χ2n) is 10.8. The highest BCUT2D eigenvalue weighted by Gasteiger charge is 2.27. The molecule has 39 heavy (non-hydrogen) atoms. The summed E-state index contributed by atoms with van der Waals surface area (Å²) in [6.45, 7) is 7.77. The second-order valence-corrected chi connectivity index (χ2v) is 13.0. The molecule has 1 heterocycles. The van der Waals surface area contributed by atoms with Gasteiger partial charge in [-0.05, 0) is 69.1 Å². The summed E-state index contributed by atoms with van der Waals surface area (Å²) in [6.07, 6.45) is 1.44. The van der Waals surface area contributed by atoms with Crippen molar-refractivity contribution in [3.05, 3.63) is 94.5 Å². The molecular weight excluding hydrogens is 534 g/mol. The molecule has 0 saturated carbocycles. The van der Waals surface area contributed by atoms with Gasteiger partial charge in [0, 0.05) is 29.0 Å². The number of benzene rings is 3. The van der Waals surface area contributed by atoms with Gasteiger partial charge >= 0.3 is 0 Å². The van der Waals surface area contributed by atoms with E-state index in [1.165, 1.54) is 12.1 Å². The van der Waals surface area contributed by atoms with Crippen LogP contribution in [0.4, 0.5) is 0 Å². The van der Waals surface area contributed by atoms with Crippen LogP contribution >= 0.6 is 11.6 Å². The molecule has 4 rings (SSSR count). The SMILES string of the molecule is CC(C)(C)NCCc1ccc2c(c1)OCC[C@H]2NC(=O)C[C@@H](NS(=O)(=O)c1cccc(Cl)c1)c1ccccc1. The van der Waals surface area contributed by atoms with Crippen LogP contribution in [0.15, 0.2) is 77.7 Å². The molecular formula is C30H36ClN3O4S. The van der Waals surface area contributed by atoms with E-state index in [2.05, 4.69) is 42.2 Å². The number of carbonyl (C=O) groups excluding carboxylic acids is 1.